The first-order valence-electron chi connectivity index (χ1n) is 10.5. The van der Waals surface area contributed by atoms with Crippen LogP contribution in [0.5, 0.6) is 0 Å². The molecular formula is C24H31N3O2S. The summed E-state index contributed by atoms with van der Waals surface area (Å²) in [6, 6.07) is 14.4. The van der Waals surface area contributed by atoms with Crippen LogP contribution < -0.4 is 11.1 Å². The lowest BCUT2D eigenvalue weighted by Gasteiger charge is -2.31. The van der Waals surface area contributed by atoms with Crippen LogP contribution in [0.3, 0.4) is 0 Å². The Bertz CT molecular complexity index is 883. The Hall–Kier alpha value is -2.31. The van der Waals surface area contributed by atoms with Gasteiger partial charge in [0.05, 0.1) is 5.92 Å². The zero-order valence-electron chi connectivity index (χ0n) is 17.8. The van der Waals surface area contributed by atoms with Gasteiger partial charge in [0.25, 0.3) is 0 Å². The van der Waals surface area contributed by atoms with Gasteiger partial charge in [0.1, 0.15) is 0 Å². The highest BCUT2D eigenvalue weighted by Gasteiger charge is 2.23. The van der Waals surface area contributed by atoms with Gasteiger partial charge in [-0.1, -0.05) is 18.2 Å². The second-order valence-corrected chi connectivity index (χ2v) is 9.23. The third kappa shape index (κ3) is 6.61. The molecule has 5 nitrogen and oxygen atoms in total. The van der Waals surface area contributed by atoms with Crippen molar-refractivity contribution in [3.63, 3.8) is 0 Å². The third-order valence-electron chi connectivity index (χ3n) is 5.63. The Labute approximate surface area is 183 Å². The van der Waals surface area contributed by atoms with Crippen molar-refractivity contribution >= 4 is 29.3 Å². The average Bonchev–Trinajstić information content (AvgIpc) is 2.72. The number of piperidine rings is 1. The largest absolute Gasteiger partial charge is 0.369 e. The fourth-order valence-electron chi connectivity index (χ4n) is 3.67. The molecule has 3 rings (SSSR count). The molecule has 1 unspecified atom stereocenters. The summed E-state index contributed by atoms with van der Waals surface area (Å²) < 4.78 is 0. The number of anilines is 1. The first kappa shape index (κ1) is 22.4. The Morgan fingerprint density at radius 3 is 2.60 bits per heavy atom. The first-order valence-corrected chi connectivity index (χ1v) is 11.5. The second kappa shape index (κ2) is 10.6. The number of rotatable bonds is 8. The van der Waals surface area contributed by atoms with Crippen molar-refractivity contribution in [3.05, 3.63) is 59.2 Å². The molecule has 1 aliphatic rings. The Balaban J connectivity index is 1.42. The van der Waals surface area contributed by atoms with Gasteiger partial charge in [0.2, 0.25) is 11.8 Å². The number of amides is 2. The molecule has 0 bridgehead atoms. The number of primary amides is 1. The molecular weight excluding hydrogens is 394 g/mol. The molecule has 3 N–H and O–H groups in total. The van der Waals surface area contributed by atoms with Crippen molar-refractivity contribution in [1.29, 1.82) is 0 Å². The number of hydrogen-bond acceptors (Lipinski definition) is 4. The molecule has 0 saturated carbocycles. The van der Waals surface area contributed by atoms with Crippen molar-refractivity contribution in [2.24, 2.45) is 11.7 Å². The molecule has 2 amide bonds. The molecule has 0 aromatic heterocycles. The lowest BCUT2D eigenvalue weighted by atomic mass is 9.97. The Morgan fingerprint density at radius 1 is 1.13 bits per heavy atom. The van der Waals surface area contributed by atoms with Crippen molar-refractivity contribution in [3.8, 4) is 0 Å². The van der Waals surface area contributed by atoms with Crippen LogP contribution in [-0.4, -0.2) is 35.6 Å². The van der Waals surface area contributed by atoms with Crippen LogP contribution in [0.25, 0.3) is 0 Å². The van der Waals surface area contributed by atoms with Gasteiger partial charge in [0.15, 0.2) is 0 Å². The van der Waals surface area contributed by atoms with Crippen LogP contribution in [0.2, 0.25) is 0 Å². The number of hydrogen-bond donors (Lipinski definition) is 2. The quantitative estimate of drug-likeness (QED) is 0.624. The molecule has 6 heteroatoms. The van der Waals surface area contributed by atoms with Gasteiger partial charge in [-0.15, -0.1) is 11.8 Å². The van der Waals surface area contributed by atoms with E-state index in [-0.39, 0.29) is 17.7 Å². The summed E-state index contributed by atoms with van der Waals surface area (Å²) in [7, 11) is 0. The number of nitrogens with one attached hydrogen (secondary N) is 1. The highest BCUT2D eigenvalue weighted by Crippen LogP contribution is 2.22. The number of likely N-dealkylation sites (tertiary alicyclic amines) is 1. The highest BCUT2D eigenvalue weighted by molar-refractivity contribution is 7.99. The van der Waals surface area contributed by atoms with E-state index in [2.05, 4.69) is 42.3 Å². The number of thioether (sulfide) groups is 1. The number of benzene rings is 2. The first-order chi connectivity index (χ1) is 14.4. The molecule has 1 fully saturated rings. The zero-order valence-corrected chi connectivity index (χ0v) is 18.6. The standard InChI is InChI=1S/C24H31N3O2S/c1-17-5-10-22(14-18(17)2)30-13-11-23(28)26-21-8-6-19(7-9-21)15-27-12-3-4-20(16-27)24(25)29/h5-10,14,20H,3-4,11-13,15-16H2,1-2H3,(H2,25,29)(H,26,28). The van der Waals surface area contributed by atoms with Gasteiger partial charge in [-0.2, -0.15) is 0 Å². The minimum absolute atomic E-state index is 0.0272. The lowest BCUT2D eigenvalue weighted by molar-refractivity contribution is -0.123. The highest BCUT2D eigenvalue weighted by atomic mass is 32.2. The van der Waals surface area contributed by atoms with Crippen LogP contribution in [0.15, 0.2) is 47.4 Å². The second-order valence-electron chi connectivity index (χ2n) is 8.07. The van der Waals surface area contributed by atoms with Gasteiger partial charge < -0.3 is 11.1 Å². The maximum Gasteiger partial charge on any atom is 0.225 e. The summed E-state index contributed by atoms with van der Waals surface area (Å²) in [5.41, 5.74) is 10.0. The van der Waals surface area contributed by atoms with Gasteiger partial charge in [0, 0.05) is 35.8 Å². The van der Waals surface area contributed by atoms with Crippen LogP contribution in [0, 0.1) is 19.8 Å². The fraction of sp³-hybridized carbons (Fsp3) is 0.417. The molecule has 0 radical (unpaired) electrons. The van der Waals surface area contributed by atoms with E-state index in [4.69, 9.17) is 5.73 Å². The number of carbonyl (C=O) groups excluding carboxylic acids is 2. The predicted octanol–water partition coefficient (Wildman–Crippen LogP) is 4.12. The number of nitrogens with two attached hydrogens (primary N) is 1. The number of carbonyl (C=O) groups is 2. The van der Waals surface area contributed by atoms with Crippen molar-refractivity contribution in [2.45, 2.75) is 44.6 Å². The average molecular weight is 426 g/mol. The number of aryl methyl sites for hydroxylation is 2. The summed E-state index contributed by atoms with van der Waals surface area (Å²) in [5, 5.41) is 2.97. The topological polar surface area (TPSA) is 75.4 Å². The van der Waals surface area contributed by atoms with Gasteiger partial charge >= 0.3 is 0 Å². The molecule has 2 aromatic carbocycles. The SMILES string of the molecule is Cc1ccc(SCCC(=O)Nc2ccc(CN3CCCC(C(N)=O)C3)cc2)cc1C. The van der Waals surface area contributed by atoms with Crippen LogP contribution >= 0.6 is 11.8 Å². The molecule has 0 spiro atoms. The third-order valence-corrected chi connectivity index (χ3v) is 6.62. The minimum Gasteiger partial charge on any atom is -0.369 e. The monoisotopic (exact) mass is 425 g/mol. The maximum atomic E-state index is 12.2. The Morgan fingerprint density at radius 2 is 1.90 bits per heavy atom. The summed E-state index contributed by atoms with van der Waals surface area (Å²) in [6.07, 6.45) is 2.36. The Kier molecular flexibility index (Phi) is 7.94. The van der Waals surface area contributed by atoms with E-state index in [1.807, 2.05) is 24.3 Å². The molecule has 1 aliphatic heterocycles. The van der Waals surface area contributed by atoms with Crippen LogP contribution in [-0.2, 0) is 16.1 Å². The van der Waals surface area contributed by atoms with Gasteiger partial charge in [-0.3, -0.25) is 14.5 Å². The lowest BCUT2D eigenvalue weighted by Crippen LogP contribution is -2.40. The molecule has 1 saturated heterocycles. The van der Waals surface area contributed by atoms with E-state index >= 15 is 0 Å². The normalized spacial score (nSPS) is 16.9. The molecule has 1 atom stereocenters. The van der Waals surface area contributed by atoms with Crippen LogP contribution in [0.1, 0.15) is 36.0 Å². The smallest absolute Gasteiger partial charge is 0.225 e. The van der Waals surface area contributed by atoms with E-state index in [0.717, 1.165) is 43.9 Å². The van der Waals surface area contributed by atoms with E-state index < -0.39 is 0 Å². The van der Waals surface area contributed by atoms with Crippen LogP contribution in [0.4, 0.5) is 5.69 Å². The fourth-order valence-corrected chi connectivity index (χ4v) is 4.62. The van der Waals surface area contributed by atoms with Gasteiger partial charge in [-0.05, 0) is 74.2 Å². The van der Waals surface area contributed by atoms with Crippen molar-refractivity contribution in [1.82, 2.24) is 4.90 Å². The van der Waals surface area contributed by atoms with E-state index in [9.17, 15) is 9.59 Å². The zero-order chi connectivity index (χ0) is 21.5. The van der Waals surface area contributed by atoms with E-state index in [1.165, 1.54) is 21.6 Å². The van der Waals surface area contributed by atoms with Crippen molar-refractivity contribution < 1.29 is 9.59 Å². The molecule has 2 aromatic rings. The van der Waals surface area contributed by atoms with Crippen molar-refractivity contribution in [2.75, 3.05) is 24.2 Å². The molecule has 160 valence electrons. The number of nitrogens with zero attached hydrogens (tertiary/aromatic N) is 1. The van der Waals surface area contributed by atoms with Gasteiger partial charge in [-0.25, -0.2) is 0 Å². The van der Waals surface area contributed by atoms with E-state index in [1.54, 1.807) is 11.8 Å². The minimum atomic E-state index is -0.201. The molecule has 30 heavy (non-hydrogen) atoms. The predicted molar refractivity (Wildman–Crippen MR) is 124 cm³/mol. The summed E-state index contributed by atoms with van der Waals surface area (Å²) in [6.45, 7) is 6.72. The summed E-state index contributed by atoms with van der Waals surface area (Å²) in [5.74, 6) is 0.537. The molecule has 1 heterocycles. The maximum absolute atomic E-state index is 12.2. The van der Waals surface area contributed by atoms with E-state index in [0.29, 0.717) is 6.42 Å². The summed E-state index contributed by atoms with van der Waals surface area (Å²) in [4.78, 5) is 27.2. The summed E-state index contributed by atoms with van der Waals surface area (Å²) >= 11 is 1.71. The molecule has 0 aliphatic carbocycles.